The SMILES string of the molecule is O=C(O)C1CCN(C(c2ccc(Br)cc2)c2cccc(Br)c2)CC1. The maximum atomic E-state index is 11.2. The van der Waals surface area contributed by atoms with Crippen molar-refractivity contribution in [2.75, 3.05) is 13.1 Å². The molecule has 0 spiro atoms. The number of carboxylic acid groups (broad SMARTS) is 1. The van der Waals surface area contributed by atoms with E-state index in [0.29, 0.717) is 12.8 Å². The van der Waals surface area contributed by atoms with Gasteiger partial charge in [-0.2, -0.15) is 0 Å². The molecule has 1 N–H and O–H groups in total. The highest BCUT2D eigenvalue weighted by molar-refractivity contribution is 9.10. The van der Waals surface area contributed by atoms with Gasteiger partial charge < -0.3 is 5.11 Å². The number of rotatable bonds is 4. The van der Waals surface area contributed by atoms with Gasteiger partial charge in [-0.05, 0) is 61.3 Å². The molecule has 126 valence electrons. The monoisotopic (exact) mass is 451 g/mol. The van der Waals surface area contributed by atoms with Crippen LogP contribution in [0.5, 0.6) is 0 Å². The van der Waals surface area contributed by atoms with Crippen molar-refractivity contribution in [2.45, 2.75) is 18.9 Å². The van der Waals surface area contributed by atoms with Crippen LogP contribution in [0, 0.1) is 5.92 Å². The molecule has 1 heterocycles. The van der Waals surface area contributed by atoms with Gasteiger partial charge in [0.05, 0.1) is 12.0 Å². The van der Waals surface area contributed by atoms with Crippen LogP contribution in [0.25, 0.3) is 0 Å². The van der Waals surface area contributed by atoms with Crippen LogP contribution in [0.3, 0.4) is 0 Å². The third kappa shape index (κ3) is 4.08. The fourth-order valence-corrected chi connectivity index (χ4v) is 4.02. The molecule has 2 aromatic carbocycles. The summed E-state index contributed by atoms with van der Waals surface area (Å²) in [7, 11) is 0. The van der Waals surface area contributed by atoms with Crippen LogP contribution in [0.1, 0.15) is 30.0 Å². The molecule has 0 amide bonds. The number of likely N-dealkylation sites (tertiary alicyclic amines) is 1. The smallest absolute Gasteiger partial charge is 0.306 e. The fourth-order valence-electron chi connectivity index (χ4n) is 3.34. The first-order chi connectivity index (χ1) is 11.5. The topological polar surface area (TPSA) is 40.5 Å². The summed E-state index contributed by atoms with van der Waals surface area (Å²) in [5.74, 6) is -0.883. The van der Waals surface area contributed by atoms with E-state index in [1.165, 1.54) is 11.1 Å². The zero-order chi connectivity index (χ0) is 17.1. The minimum absolute atomic E-state index is 0.144. The van der Waals surface area contributed by atoms with Crippen molar-refractivity contribution < 1.29 is 9.90 Å². The van der Waals surface area contributed by atoms with Crippen LogP contribution in [0.15, 0.2) is 57.5 Å². The molecule has 0 aliphatic carbocycles. The molecule has 24 heavy (non-hydrogen) atoms. The third-order valence-electron chi connectivity index (χ3n) is 4.59. The van der Waals surface area contributed by atoms with E-state index in [0.717, 1.165) is 22.0 Å². The Hall–Kier alpha value is -1.17. The van der Waals surface area contributed by atoms with Gasteiger partial charge in [-0.1, -0.05) is 56.1 Å². The Balaban J connectivity index is 1.91. The van der Waals surface area contributed by atoms with Crippen LogP contribution in [0.4, 0.5) is 0 Å². The van der Waals surface area contributed by atoms with Gasteiger partial charge in [0.15, 0.2) is 0 Å². The molecule has 0 radical (unpaired) electrons. The molecule has 0 aromatic heterocycles. The summed E-state index contributed by atoms with van der Waals surface area (Å²) >= 11 is 7.06. The Bertz CT molecular complexity index is 710. The lowest BCUT2D eigenvalue weighted by atomic mass is 9.91. The second-order valence-corrected chi connectivity index (χ2v) is 7.99. The van der Waals surface area contributed by atoms with E-state index in [2.05, 4.69) is 79.2 Å². The van der Waals surface area contributed by atoms with Crippen molar-refractivity contribution >= 4 is 37.8 Å². The zero-order valence-electron chi connectivity index (χ0n) is 13.2. The first-order valence-electron chi connectivity index (χ1n) is 8.02. The molecule has 0 bridgehead atoms. The first-order valence-corrected chi connectivity index (χ1v) is 9.61. The molecule has 0 saturated carbocycles. The lowest BCUT2D eigenvalue weighted by molar-refractivity contribution is -0.143. The summed E-state index contributed by atoms with van der Waals surface area (Å²) in [6.45, 7) is 1.59. The minimum Gasteiger partial charge on any atom is -0.481 e. The molecular weight excluding hydrogens is 434 g/mol. The molecule has 5 heteroatoms. The number of carboxylic acids is 1. The van der Waals surface area contributed by atoms with Crippen LogP contribution >= 0.6 is 31.9 Å². The second kappa shape index (κ2) is 7.81. The van der Waals surface area contributed by atoms with Gasteiger partial charge in [0.1, 0.15) is 0 Å². The van der Waals surface area contributed by atoms with Crippen molar-refractivity contribution in [2.24, 2.45) is 5.92 Å². The van der Waals surface area contributed by atoms with Crippen LogP contribution in [-0.2, 0) is 4.79 Å². The summed E-state index contributed by atoms with van der Waals surface area (Å²) in [5, 5.41) is 9.23. The lowest BCUT2D eigenvalue weighted by Crippen LogP contribution is -2.39. The van der Waals surface area contributed by atoms with Gasteiger partial charge in [0, 0.05) is 8.95 Å². The van der Waals surface area contributed by atoms with Crippen molar-refractivity contribution in [3.05, 3.63) is 68.6 Å². The number of aliphatic carboxylic acids is 1. The summed E-state index contributed by atoms with van der Waals surface area (Å²) in [6.07, 6.45) is 1.41. The lowest BCUT2D eigenvalue weighted by Gasteiger charge is -2.37. The molecule has 1 saturated heterocycles. The fraction of sp³-hybridized carbons (Fsp3) is 0.316. The second-order valence-electron chi connectivity index (χ2n) is 6.16. The number of piperidine rings is 1. The van der Waals surface area contributed by atoms with E-state index >= 15 is 0 Å². The Morgan fingerprint density at radius 3 is 2.25 bits per heavy atom. The quantitative estimate of drug-likeness (QED) is 0.701. The highest BCUT2D eigenvalue weighted by Gasteiger charge is 2.30. The standard InChI is InChI=1S/C19H19Br2NO2/c20-16-6-4-13(5-7-16)18(15-2-1-3-17(21)12-15)22-10-8-14(9-11-22)19(23)24/h1-7,12,14,18H,8-11H2,(H,23,24). The van der Waals surface area contributed by atoms with Crippen molar-refractivity contribution in [3.63, 3.8) is 0 Å². The van der Waals surface area contributed by atoms with Gasteiger partial charge in [-0.15, -0.1) is 0 Å². The Morgan fingerprint density at radius 1 is 1.00 bits per heavy atom. The van der Waals surface area contributed by atoms with E-state index in [4.69, 9.17) is 0 Å². The molecule has 3 rings (SSSR count). The minimum atomic E-state index is -0.669. The highest BCUT2D eigenvalue weighted by Crippen LogP contribution is 2.34. The van der Waals surface area contributed by atoms with Crippen molar-refractivity contribution in [1.29, 1.82) is 0 Å². The molecule has 3 nitrogen and oxygen atoms in total. The average Bonchev–Trinajstić information content (AvgIpc) is 2.57. The summed E-state index contributed by atoms with van der Waals surface area (Å²) in [6, 6.07) is 16.9. The van der Waals surface area contributed by atoms with E-state index in [1.54, 1.807) is 0 Å². The molecule has 1 fully saturated rings. The van der Waals surface area contributed by atoms with Crippen LogP contribution in [0.2, 0.25) is 0 Å². The molecular formula is C19H19Br2NO2. The number of benzene rings is 2. The summed E-state index contributed by atoms with van der Waals surface area (Å²) in [5.41, 5.74) is 2.45. The van der Waals surface area contributed by atoms with E-state index in [9.17, 15) is 9.90 Å². The number of carbonyl (C=O) groups is 1. The molecule has 1 atom stereocenters. The normalized spacial score (nSPS) is 17.6. The van der Waals surface area contributed by atoms with Crippen molar-refractivity contribution in [1.82, 2.24) is 4.90 Å². The number of halogens is 2. The number of nitrogens with zero attached hydrogens (tertiary/aromatic N) is 1. The number of hydrogen-bond donors (Lipinski definition) is 1. The zero-order valence-corrected chi connectivity index (χ0v) is 16.3. The molecule has 2 aromatic rings. The van der Waals surface area contributed by atoms with Crippen LogP contribution < -0.4 is 0 Å². The van der Waals surface area contributed by atoms with E-state index in [1.807, 2.05) is 6.07 Å². The van der Waals surface area contributed by atoms with Gasteiger partial charge in [0.25, 0.3) is 0 Å². The van der Waals surface area contributed by atoms with Gasteiger partial charge >= 0.3 is 5.97 Å². The number of hydrogen-bond acceptors (Lipinski definition) is 2. The largest absolute Gasteiger partial charge is 0.481 e. The highest BCUT2D eigenvalue weighted by atomic mass is 79.9. The predicted molar refractivity (Wildman–Crippen MR) is 102 cm³/mol. The Kier molecular flexibility index (Phi) is 5.74. The maximum Gasteiger partial charge on any atom is 0.306 e. The van der Waals surface area contributed by atoms with Gasteiger partial charge in [-0.25, -0.2) is 0 Å². The summed E-state index contributed by atoms with van der Waals surface area (Å²) in [4.78, 5) is 13.6. The van der Waals surface area contributed by atoms with Gasteiger partial charge in [-0.3, -0.25) is 9.69 Å². The predicted octanol–water partition coefficient (Wildman–Crippen LogP) is 5.10. The summed E-state index contributed by atoms with van der Waals surface area (Å²) < 4.78 is 2.12. The van der Waals surface area contributed by atoms with Crippen molar-refractivity contribution in [3.8, 4) is 0 Å². The third-order valence-corrected chi connectivity index (χ3v) is 5.62. The Labute approximate surface area is 158 Å². The van der Waals surface area contributed by atoms with E-state index < -0.39 is 5.97 Å². The van der Waals surface area contributed by atoms with Gasteiger partial charge in [0.2, 0.25) is 0 Å². The maximum absolute atomic E-state index is 11.2. The molecule has 1 aliphatic heterocycles. The van der Waals surface area contributed by atoms with Crippen LogP contribution in [-0.4, -0.2) is 29.1 Å². The van der Waals surface area contributed by atoms with E-state index in [-0.39, 0.29) is 12.0 Å². The molecule has 1 unspecified atom stereocenters. The first kappa shape index (κ1) is 17.6. The average molecular weight is 453 g/mol. The Morgan fingerprint density at radius 2 is 1.67 bits per heavy atom. The molecule has 1 aliphatic rings.